The van der Waals surface area contributed by atoms with Gasteiger partial charge in [-0.2, -0.15) is 0 Å². The number of nitrogens with zero attached hydrogens (tertiary/aromatic N) is 2. The van der Waals surface area contributed by atoms with Crippen LogP contribution in [0, 0.1) is 0 Å². The molecule has 0 bridgehead atoms. The first-order chi connectivity index (χ1) is 15.1. The Bertz CT molecular complexity index is 1080. The van der Waals surface area contributed by atoms with Crippen LogP contribution in [0.1, 0.15) is 34.5 Å². The standard InChI is InChI=1S/C24H24N4O3/c1-16(17-5-4-13-25-15-17)26-23(29)21-6-3-7-22-20(21)12-14-28(22)24(30)27-18-8-10-19(31-2)11-9-18/h3-11,13,15-16H,12,14H2,1-2H3,(H,26,29)(H,27,30). The summed E-state index contributed by atoms with van der Waals surface area (Å²) in [6.45, 7) is 2.44. The smallest absolute Gasteiger partial charge is 0.326 e. The summed E-state index contributed by atoms with van der Waals surface area (Å²) in [5.74, 6) is 0.561. The first kappa shape index (κ1) is 20.4. The molecule has 1 aliphatic heterocycles. The Morgan fingerprint density at radius 2 is 1.90 bits per heavy atom. The van der Waals surface area contributed by atoms with Gasteiger partial charge in [-0.15, -0.1) is 0 Å². The van der Waals surface area contributed by atoms with Crippen molar-refractivity contribution < 1.29 is 14.3 Å². The molecule has 4 rings (SSSR count). The molecule has 0 saturated carbocycles. The molecule has 0 radical (unpaired) electrons. The zero-order valence-corrected chi connectivity index (χ0v) is 17.5. The molecule has 1 aliphatic rings. The van der Waals surface area contributed by atoms with Crippen LogP contribution in [-0.2, 0) is 6.42 Å². The van der Waals surface area contributed by atoms with Crippen molar-refractivity contribution in [2.75, 3.05) is 23.9 Å². The quantitative estimate of drug-likeness (QED) is 0.654. The van der Waals surface area contributed by atoms with E-state index in [4.69, 9.17) is 4.74 Å². The lowest BCUT2D eigenvalue weighted by atomic mass is 10.0. The van der Waals surface area contributed by atoms with Gasteiger partial charge in [-0.3, -0.25) is 14.7 Å². The van der Waals surface area contributed by atoms with E-state index in [9.17, 15) is 9.59 Å². The minimum Gasteiger partial charge on any atom is -0.497 e. The number of amides is 3. The van der Waals surface area contributed by atoms with E-state index in [1.807, 2.05) is 31.2 Å². The van der Waals surface area contributed by atoms with Crippen molar-refractivity contribution in [3.05, 3.63) is 83.7 Å². The van der Waals surface area contributed by atoms with E-state index in [1.165, 1.54) is 0 Å². The number of aromatic nitrogens is 1. The SMILES string of the molecule is COc1ccc(NC(=O)N2CCc3c(C(=O)NC(C)c4cccnc4)cccc32)cc1. The number of carbonyl (C=O) groups excluding carboxylic acids is 2. The molecule has 158 valence electrons. The Labute approximate surface area is 181 Å². The van der Waals surface area contributed by atoms with Gasteiger partial charge in [0.1, 0.15) is 5.75 Å². The lowest BCUT2D eigenvalue weighted by molar-refractivity contribution is 0.0939. The molecule has 1 aromatic heterocycles. The van der Waals surface area contributed by atoms with Crippen LogP contribution < -0.4 is 20.3 Å². The number of carbonyl (C=O) groups is 2. The van der Waals surface area contributed by atoms with Crippen LogP contribution >= 0.6 is 0 Å². The summed E-state index contributed by atoms with van der Waals surface area (Å²) in [7, 11) is 1.60. The van der Waals surface area contributed by atoms with Gasteiger partial charge in [0.15, 0.2) is 0 Å². The molecule has 0 spiro atoms. The van der Waals surface area contributed by atoms with E-state index in [-0.39, 0.29) is 18.0 Å². The summed E-state index contributed by atoms with van der Waals surface area (Å²) in [6, 6.07) is 16.0. The Kier molecular flexibility index (Phi) is 5.84. The molecule has 7 heteroatoms. The van der Waals surface area contributed by atoms with Crippen molar-refractivity contribution in [2.24, 2.45) is 0 Å². The summed E-state index contributed by atoms with van der Waals surface area (Å²) >= 11 is 0. The van der Waals surface area contributed by atoms with Gasteiger partial charge in [0.25, 0.3) is 5.91 Å². The molecular formula is C24H24N4O3. The molecule has 0 aliphatic carbocycles. The van der Waals surface area contributed by atoms with Gasteiger partial charge in [0, 0.05) is 35.9 Å². The Morgan fingerprint density at radius 1 is 1.10 bits per heavy atom. The van der Waals surface area contributed by atoms with Crippen LogP contribution in [0.4, 0.5) is 16.2 Å². The second-order valence-corrected chi connectivity index (χ2v) is 7.35. The van der Waals surface area contributed by atoms with Crippen molar-refractivity contribution in [3.63, 3.8) is 0 Å². The molecule has 1 atom stereocenters. The van der Waals surface area contributed by atoms with E-state index in [0.29, 0.717) is 24.2 Å². The van der Waals surface area contributed by atoms with Gasteiger partial charge in [-0.25, -0.2) is 4.79 Å². The van der Waals surface area contributed by atoms with Gasteiger partial charge in [0.2, 0.25) is 0 Å². The lowest BCUT2D eigenvalue weighted by Crippen LogP contribution is -2.33. The van der Waals surface area contributed by atoms with Gasteiger partial charge in [0.05, 0.1) is 13.2 Å². The lowest BCUT2D eigenvalue weighted by Gasteiger charge is -2.19. The number of nitrogens with one attached hydrogen (secondary N) is 2. The monoisotopic (exact) mass is 416 g/mol. The third kappa shape index (κ3) is 4.35. The molecule has 0 saturated heterocycles. The van der Waals surface area contributed by atoms with Crippen LogP contribution in [0.15, 0.2) is 67.0 Å². The minimum atomic E-state index is -0.231. The summed E-state index contributed by atoms with van der Waals surface area (Å²) < 4.78 is 5.15. The maximum atomic E-state index is 13.0. The number of ether oxygens (including phenoxy) is 1. The first-order valence-corrected chi connectivity index (χ1v) is 10.1. The molecule has 0 fully saturated rings. The van der Waals surface area contributed by atoms with E-state index >= 15 is 0 Å². The highest BCUT2D eigenvalue weighted by Crippen LogP contribution is 2.31. The highest BCUT2D eigenvalue weighted by Gasteiger charge is 2.28. The van der Waals surface area contributed by atoms with E-state index in [2.05, 4.69) is 15.6 Å². The molecule has 2 heterocycles. The maximum absolute atomic E-state index is 13.0. The fourth-order valence-electron chi connectivity index (χ4n) is 3.71. The number of benzene rings is 2. The number of urea groups is 1. The molecule has 3 amide bonds. The van der Waals surface area contributed by atoms with Gasteiger partial charge in [-0.05, 0) is 66.9 Å². The predicted molar refractivity (Wildman–Crippen MR) is 120 cm³/mol. The number of hydrogen-bond donors (Lipinski definition) is 2. The van der Waals surface area contributed by atoms with Crippen LogP contribution in [0.25, 0.3) is 0 Å². The second kappa shape index (κ2) is 8.87. The van der Waals surface area contributed by atoms with Crippen LogP contribution in [0.3, 0.4) is 0 Å². The molecule has 31 heavy (non-hydrogen) atoms. The molecule has 2 aromatic carbocycles. The number of methoxy groups -OCH3 is 1. The van der Waals surface area contributed by atoms with Crippen molar-refractivity contribution in [1.82, 2.24) is 10.3 Å². The fourth-order valence-corrected chi connectivity index (χ4v) is 3.71. The average molecular weight is 416 g/mol. The zero-order chi connectivity index (χ0) is 21.8. The Balaban J connectivity index is 1.49. The molecule has 2 N–H and O–H groups in total. The van der Waals surface area contributed by atoms with E-state index < -0.39 is 0 Å². The predicted octanol–water partition coefficient (Wildman–Crippen LogP) is 4.18. The van der Waals surface area contributed by atoms with Crippen LogP contribution in [-0.4, -0.2) is 30.6 Å². The summed E-state index contributed by atoms with van der Waals surface area (Å²) in [4.78, 5) is 31.6. The Morgan fingerprint density at radius 3 is 2.61 bits per heavy atom. The normalized spacial score (nSPS) is 13.3. The maximum Gasteiger partial charge on any atom is 0.326 e. The number of anilines is 2. The zero-order valence-electron chi connectivity index (χ0n) is 17.5. The molecule has 1 unspecified atom stereocenters. The average Bonchev–Trinajstić information content (AvgIpc) is 3.24. The van der Waals surface area contributed by atoms with Crippen molar-refractivity contribution in [3.8, 4) is 5.75 Å². The van der Waals surface area contributed by atoms with Gasteiger partial charge in [-0.1, -0.05) is 12.1 Å². The molecular weight excluding hydrogens is 392 g/mol. The van der Waals surface area contributed by atoms with Crippen LogP contribution in [0.5, 0.6) is 5.75 Å². The van der Waals surface area contributed by atoms with Crippen molar-refractivity contribution in [1.29, 1.82) is 0 Å². The third-order valence-electron chi connectivity index (χ3n) is 5.39. The second-order valence-electron chi connectivity index (χ2n) is 7.35. The molecule has 3 aromatic rings. The highest BCUT2D eigenvalue weighted by molar-refractivity contribution is 6.05. The summed E-state index contributed by atoms with van der Waals surface area (Å²) in [5.41, 5.74) is 3.84. The fraction of sp³-hybridized carbons (Fsp3) is 0.208. The van der Waals surface area contributed by atoms with Crippen LogP contribution in [0.2, 0.25) is 0 Å². The minimum absolute atomic E-state index is 0.161. The van der Waals surface area contributed by atoms with E-state index in [1.54, 1.807) is 54.7 Å². The largest absolute Gasteiger partial charge is 0.497 e. The number of rotatable bonds is 5. The number of fused-ring (bicyclic) bond motifs is 1. The number of pyridine rings is 1. The topological polar surface area (TPSA) is 83.6 Å². The summed E-state index contributed by atoms with van der Waals surface area (Å²) in [6.07, 6.45) is 4.07. The van der Waals surface area contributed by atoms with Crippen molar-refractivity contribution >= 4 is 23.3 Å². The molecule has 7 nitrogen and oxygen atoms in total. The van der Waals surface area contributed by atoms with Gasteiger partial charge >= 0.3 is 6.03 Å². The third-order valence-corrected chi connectivity index (χ3v) is 5.39. The number of hydrogen-bond acceptors (Lipinski definition) is 4. The first-order valence-electron chi connectivity index (χ1n) is 10.1. The Hall–Kier alpha value is -3.87. The van der Waals surface area contributed by atoms with Crippen molar-refractivity contribution in [2.45, 2.75) is 19.4 Å². The summed E-state index contributed by atoms with van der Waals surface area (Å²) in [5, 5.41) is 5.93. The van der Waals surface area contributed by atoms with E-state index in [0.717, 1.165) is 22.6 Å². The van der Waals surface area contributed by atoms with Gasteiger partial charge < -0.3 is 15.4 Å². The highest BCUT2D eigenvalue weighted by atomic mass is 16.5.